The van der Waals surface area contributed by atoms with Gasteiger partial charge in [-0.2, -0.15) is 0 Å². The fourth-order valence-electron chi connectivity index (χ4n) is 4.65. The third-order valence-corrected chi connectivity index (χ3v) is 6.12. The van der Waals surface area contributed by atoms with Gasteiger partial charge >= 0.3 is 0 Å². The van der Waals surface area contributed by atoms with Crippen LogP contribution in [0.25, 0.3) is 0 Å². The van der Waals surface area contributed by atoms with Crippen molar-refractivity contribution in [3.05, 3.63) is 53.3 Å². The number of rotatable bonds is 6. The van der Waals surface area contributed by atoms with Gasteiger partial charge in [-0.25, -0.2) is 9.97 Å². The Labute approximate surface area is 189 Å². The molecule has 8 nitrogen and oxygen atoms in total. The predicted octanol–water partition coefficient (Wildman–Crippen LogP) is 0.700. The number of aliphatic hydroxyl groups is 1. The molecule has 0 aliphatic carbocycles. The first kappa shape index (κ1) is 23.6. The van der Waals surface area contributed by atoms with Gasteiger partial charge in [0.15, 0.2) is 0 Å². The molecular formula is C22H31ClN6O2. The highest BCUT2D eigenvalue weighted by Gasteiger charge is 2.45. The Hall–Kier alpha value is -2.10. The minimum Gasteiger partial charge on any atom is -0.388 e. The molecule has 2 saturated heterocycles. The zero-order valence-corrected chi connectivity index (χ0v) is 18.4. The minimum absolute atomic E-state index is 0. The van der Waals surface area contributed by atoms with Gasteiger partial charge in [0.1, 0.15) is 6.29 Å². The summed E-state index contributed by atoms with van der Waals surface area (Å²) in [4.78, 5) is 22.9. The van der Waals surface area contributed by atoms with E-state index >= 15 is 0 Å². The number of hydrogen-bond donors (Lipinski definition) is 4. The van der Waals surface area contributed by atoms with Crippen molar-refractivity contribution in [1.29, 1.82) is 0 Å². The van der Waals surface area contributed by atoms with Crippen molar-refractivity contribution in [2.75, 3.05) is 38.5 Å². The third-order valence-electron chi connectivity index (χ3n) is 6.12. The summed E-state index contributed by atoms with van der Waals surface area (Å²) in [5, 5.41) is 18.3. The summed E-state index contributed by atoms with van der Waals surface area (Å²) in [5.74, 6) is 0.193. The van der Waals surface area contributed by atoms with Crippen LogP contribution in [0.4, 0.5) is 5.95 Å². The van der Waals surface area contributed by atoms with E-state index in [9.17, 15) is 9.90 Å². The van der Waals surface area contributed by atoms with E-state index in [1.165, 1.54) is 0 Å². The zero-order valence-electron chi connectivity index (χ0n) is 17.5. The van der Waals surface area contributed by atoms with E-state index in [1.54, 1.807) is 0 Å². The number of nitrogen functional groups attached to an aromatic ring is 1. The molecule has 4 rings (SSSR count). The lowest BCUT2D eigenvalue weighted by molar-refractivity contribution is -0.121. The quantitative estimate of drug-likeness (QED) is 0.479. The van der Waals surface area contributed by atoms with Crippen LogP contribution in [0.2, 0.25) is 0 Å². The van der Waals surface area contributed by atoms with E-state index in [4.69, 9.17) is 5.73 Å². The van der Waals surface area contributed by atoms with Gasteiger partial charge in [0.2, 0.25) is 5.95 Å². The number of nitrogens with one attached hydrogen (secondary N) is 2. The van der Waals surface area contributed by atoms with Crippen LogP contribution in [-0.2, 0) is 11.2 Å². The van der Waals surface area contributed by atoms with E-state index in [2.05, 4.69) is 37.6 Å². The van der Waals surface area contributed by atoms with Crippen LogP contribution >= 0.6 is 12.4 Å². The number of carbonyl (C=O) groups excluding carboxylic acids is 1. The van der Waals surface area contributed by atoms with Crippen molar-refractivity contribution in [3.8, 4) is 0 Å². The lowest BCUT2D eigenvalue weighted by Crippen LogP contribution is -2.60. The Morgan fingerprint density at radius 1 is 1.19 bits per heavy atom. The molecule has 31 heavy (non-hydrogen) atoms. The van der Waals surface area contributed by atoms with Crippen LogP contribution in [0.5, 0.6) is 0 Å². The first-order valence-electron chi connectivity index (χ1n) is 10.6. The van der Waals surface area contributed by atoms with Gasteiger partial charge in [-0.1, -0.05) is 30.3 Å². The van der Waals surface area contributed by atoms with Gasteiger partial charge < -0.3 is 26.3 Å². The predicted molar refractivity (Wildman–Crippen MR) is 122 cm³/mol. The number of benzene rings is 1. The Balaban J connectivity index is 0.00000272. The standard InChI is InChI=1S/C22H30N6O2.ClH/c23-21-26-17(12-16-4-2-1-3-5-16)13-19(27-21)20(22(30)6-8-24-9-7-22)28-11-10-25-14-18(28)15-29;/h1-5,13,15,18,20,24-25,30H,6-12,14H2,(H2,23,26,27);1H. The number of piperazine rings is 1. The molecule has 0 amide bonds. The lowest BCUT2D eigenvalue weighted by Gasteiger charge is -2.48. The summed E-state index contributed by atoms with van der Waals surface area (Å²) in [6.07, 6.45) is 2.77. The maximum Gasteiger partial charge on any atom is 0.220 e. The molecule has 0 saturated carbocycles. The third kappa shape index (κ3) is 5.39. The second-order valence-electron chi connectivity index (χ2n) is 8.21. The van der Waals surface area contributed by atoms with Crippen LogP contribution in [0.1, 0.15) is 35.8 Å². The zero-order chi connectivity index (χ0) is 21.0. The van der Waals surface area contributed by atoms with Crippen molar-refractivity contribution in [2.45, 2.75) is 36.9 Å². The van der Waals surface area contributed by atoms with Gasteiger partial charge in [0.25, 0.3) is 0 Å². The minimum atomic E-state index is -0.991. The maximum absolute atomic E-state index is 11.8. The molecule has 9 heteroatoms. The highest BCUT2D eigenvalue weighted by Crippen LogP contribution is 2.39. The number of aromatic nitrogens is 2. The molecule has 168 valence electrons. The highest BCUT2D eigenvalue weighted by atomic mass is 35.5. The molecule has 0 spiro atoms. The molecule has 1 aromatic heterocycles. The van der Waals surface area contributed by atoms with Gasteiger partial charge in [0, 0.05) is 26.1 Å². The summed E-state index contributed by atoms with van der Waals surface area (Å²) in [6.45, 7) is 3.42. The average molecular weight is 447 g/mol. The first-order valence-corrected chi connectivity index (χ1v) is 10.6. The molecule has 1 aromatic carbocycles. The molecule has 2 unspecified atom stereocenters. The topological polar surface area (TPSA) is 116 Å². The molecule has 2 aromatic rings. The summed E-state index contributed by atoms with van der Waals surface area (Å²) < 4.78 is 0. The van der Waals surface area contributed by atoms with Crippen LogP contribution in [0.3, 0.4) is 0 Å². The van der Waals surface area contributed by atoms with Crippen LogP contribution < -0.4 is 16.4 Å². The second kappa shape index (κ2) is 10.5. The van der Waals surface area contributed by atoms with E-state index in [-0.39, 0.29) is 24.4 Å². The summed E-state index contributed by atoms with van der Waals surface area (Å²) >= 11 is 0. The number of piperidine rings is 1. The van der Waals surface area contributed by atoms with Crippen LogP contribution in [0, 0.1) is 0 Å². The van der Waals surface area contributed by atoms with Crippen molar-refractivity contribution >= 4 is 24.6 Å². The largest absolute Gasteiger partial charge is 0.388 e. The summed E-state index contributed by atoms with van der Waals surface area (Å²) in [5.41, 5.74) is 7.74. The number of aldehydes is 1. The van der Waals surface area contributed by atoms with Crippen molar-refractivity contribution in [3.63, 3.8) is 0 Å². The van der Waals surface area contributed by atoms with Gasteiger partial charge in [0.05, 0.1) is 29.1 Å². The Morgan fingerprint density at radius 3 is 2.65 bits per heavy atom. The Bertz CT molecular complexity index is 862. The molecule has 0 radical (unpaired) electrons. The van der Waals surface area contributed by atoms with E-state index in [0.29, 0.717) is 38.0 Å². The molecule has 2 aliphatic heterocycles. The number of anilines is 1. The smallest absolute Gasteiger partial charge is 0.220 e. The van der Waals surface area contributed by atoms with E-state index in [0.717, 1.165) is 37.2 Å². The Morgan fingerprint density at radius 2 is 1.94 bits per heavy atom. The SMILES string of the molecule is Cl.Nc1nc(Cc2ccccc2)cc(C(N2CCNCC2C=O)C2(O)CCNCC2)n1. The maximum atomic E-state index is 11.8. The fourth-order valence-corrected chi connectivity index (χ4v) is 4.65. The molecule has 3 heterocycles. The van der Waals surface area contributed by atoms with Crippen LogP contribution in [0.15, 0.2) is 36.4 Å². The molecule has 2 atom stereocenters. The molecule has 2 aliphatic rings. The number of carbonyl (C=O) groups is 1. The molecule has 5 N–H and O–H groups in total. The number of hydrogen-bond acceptors (Lipinski definition) is 8. The van der Waals surface area contributed by atoms with Crippen molar-refractivity contribution in [1.82, 2.24) is 25.5 Å². The molecular weight excluding hydrogens is 416 g/mol. The van der Waals surface area contributed by atoms with Crippen LogP contribution in [-0.4, -0.2) is 70.6 Å². The van der Waals surface area contributed by atoms with Crippen molar-refractivity contribution < 1.29 is 9.90 Å². The van der Waals surface area contributed by atoms with Gasteiger partial charge in [-0.15, -0.1) is 12.4 Å². The van der Waals surface area contributed by atoms with E-state index < -0.39 is 11.6 Å². The average Bonchev–Trinajstić information content (AvgIpc) is 2.75. The summed E-state index contributed by atoms with van der Waals surface area (Å²) in [6, 6.07) is 11.3. The molecule has 2 fully saturated rings. The molecule has 0 bridgehead atoms. The van der Waals surface area contributed by atoms with Gasteiger partial charge in [-0.3, -0.25) is 4.90 Å². The number of nitrogens with zero attached hydrogens (tertiary/aromatic N) is 3. The summed E-state index contributed by atoms with van der Waals surface area (Å²) in [7, 11) is 0. The number of nitrogens with two attached hydrogens (primary N) is 1. The Kier molecular flexibility index (Phi) is 7.96. The normalized spacial score (nSPS) is 22.3. The monoisotopic (exact) mass is 446 g/mol. The second-order valence-corrected chi connectivity index (χ2v) is 8.21. The van der Waals surface area contributed by atoms with Crippen molar-refractivity contribution in [2.24, 2.45) is 0 Å². The van der Waals surface area contributed by atoms with Gasteiger partial charge in [-0.05, 0) is 37.6 Å². The first-order chi connectivity index (χ1) is 14.6. The van der Waals surface area contributed by atoms with E-state index in [1.807, 2.05) is 24.3 Å². The number of halogens is 1. The highest BCUT2D eigenvalue weighted by molar-refractivity contribution is 5.85. The fraction of sp³-hybridized carbons (Fsp3) is 0.500. The lowest BCUT2D eigenvalue weighted by atomic mass is 9.81.